The highest BCUT2D eigenvalue weighted by Crippen LogP contribution is 2.12. The highest BCUT2D eigenvalue weighted by molar-refractivity contribution is 5.44. The van der Waals surface area contributed by atoms with E-state index in [9.17, 15) is 4.79 Å². The summed E-state index contributed by atoms with van der Waals surface area (Å²) in [6.07, 6.45) is 1.77. The van der Waals surface area contributed by atoms with Gasteiger partial charge in [0.05, 0.1) is 6.54 Å². The molecule has 16 heavy (non-hydrogen) atoms. The lowest BCUT2D eigenvalue weighted by molar-refractivity contribution is 0.761. The number of rotatable bonds is 3. The van der Waals surface area contributed by atoms with E-state index in [2.05, 4.69) is 5.32 Å². The summed E-state index contributed by atoms with van der Waals surface area (Å²) in [7, 11) is 1.71. The Kier molecular flexibility index (Phi) is 3.05. The van der Waals surface area contributed by atoms with Gasteiger partial charge in [0.25, 0.3) is 5.56 Å². The van der Waals surface area contributed by atoms with Crippen molar-refractivity contribution in [2.24, 2.45) is 0 Å². The Balaban J connectivity index is 2.31. The summed E-state index contributed by atoms with van der Waals surface area (Å²) in [4.78, 5) is 11.6. The molecule has 2 rings (SSSR count). The van der Waals surface area contributed by atoms with Crippen molar-refractivity contribution in [2.45, 2.75) is 6.54 Å². The van der Waals surface area contributed by atoms with Gasteiger partial charge in [0, 0.05) is 6.07 Å². The Bertz CT molecular complexity index is 517. The van der Waals surface area contributed by atoms with Gasteiger partial charge in [-0.05, 0) is 11.8 Å². The molecule has 82 valence electrons. The summed E-state index contributed by atoms with van der Waals surface area (Å²) in [6.45, 7) is 0.586. The minimum absolute atomic E-state index is 0.00347. The van der Waals surface area contributed by atoms with Crippen LogP contribution in [0.15, 0.2) is 53.5 Å². The Hall–Kier alpha value is -2.03. The molecular formula is C13H13N2O-. The zero-order valence-corrected chi connectivity index (χ0v) is 9.13. The summed E-state index contributed by atoms with van der Waals surface area (Å²) in [5.41, 5.74) is 1.92. The van der Waals surface area contributed by atoms with Crippen LogP contribution in [0.1, 0.15) is 5.56 Å². The molecule has 0 bridgehead atoms. The molecule has 3 heteroatoms. The van der Waals surface area contributed by atoms with E-state index >= 15 is 0 Å². The molecule has 0 N–H and O–H groups in total. The van der Waals surface area contributed by atoms with E-state index < -0.39 is 0 Å². The number of aromatic nitrogens is 1. The number of pyridine rings is 1. The van der Waals surface area contributed by atoms with Crippen LogP contribution in [0.5, 0.6) is 0 Å². The molecule has 0 unspecified atom stereocenters. The molecule has 1 aromatic heterocycles. The summed E-state index contributed by atoms with van der Waals surface area (Å²) >= 11 is 0. The fraction of sp³-hybridized carbons (Fsp3) is 0.154. The summed E-state index contributed by atoms with van der Waals surface area (Å²) in [5, 5.41) is 4.05. The maximum absolute atomic E-state index is 11.6. The molecule has 1 heterocycles. The first-order valence-corrected chi connectivity index (χ1v) is 5.14. The zero-order valence-electron chi connectivity index (χ0n) is 9.13. The highest BCUT2D eigenvalue weighted by Gasteiger charge is 1.96. The average molecular weight is 213 g/mol. The molecule has 0 fully saturated rings. The topological polar surface area (TPSA) is 36.1 Å². The normalized spacial score (nSPS) is 10.1. The largest absolute Gasteiger partial charge is 0.686 e. The van der Waals surface area contributed by atoms with E-state index in [1.54, 1.807) is 29.9 Å². The standard InChI is InChI=1S/C13H13N2O/c1-14-12-7-8-13(16)15(10-12)9-11-5-3-2-4-6-11/h2-8,10H,9H2,1H3/q-1. The maximum Gasteiger partial charge on any atom is 0.250 e. The Labute approximate surface area is 94.4 Å². The molecule has 0 spiro atoms. The van der Waals surface area contributed by atoms with E-state index in [1.807, 2.05) is 30.3 Å². The number of benzene rings is 1. The number of hydrogen-bond donors (Lipinski definition) is 0. The highest BCUT2D eigenvalue weighted by atomic mass is 16.1. The van der Waals surface area contributed by atoms with Gasteiger partial charge < -0.3 is 9.88 Å². The minimum Gasteiger partial charge on any atom is -0.686 e. The van der Waals surface area contributed by atoms with Gasteiger partial charge >= 0.3 is 0 Å². The third-order valence-corrected chi connectivity index (χ3v) is 2.42. The van der Waals surface area contributed by atoms with Crippen LogP contribution in [0, 0.1) is 0 Å². The van der Waals surface area contributed by atoms with Crippen molar-refractivity contribution in [2.75, 3.05) is 7.05 Å². The fourth-order valence-electron chi connectivity index (χ4n) is 1.55. The summed E-state index contributed by atoms with van der Waals surface area (Å²) in [5.74, 6) is 0. The Morgan fingerprint density at radius 3 is 2.56 bits per heavy atom. The molecule has 3 nitrogen and oxygen atoms in total. The van der Waals surface area contributed by atoms with Gasteiger partial charge in [-0.2, -0.15) is 0 Å². The van der Waals surface area contributed by atoms with Crippen molar-refractivity contribution in [3.05, 3.63) is 69.9 Å². The fourth-order valence-corrected chi connectivity index (χ4v) is 1.55. The van der Waals surface area contributed by atoms with E-state index in [0.29, 0.717) is 6.54 Å². The van der Waals surface area contributed by atoms with E-state index in [4.69, 9.17) is 0 Å². The Morgan fingerprint density at radius 2 is 1.88 bits per heavy atom. The van der Waals surface area contributed by atoms with Crippen LogP contribution in [-0.4, -0.2) is 11.6 Å². The molecule has 0 aliphatic heterocycles. The van der Waals surface area contributed by atoms with Crippen LogP contribution in [0.25, 0.3) is 5.32 Å². The second kappa shape index (κ2) is 4.66. The molecule has 0 radical (unpaired) electrons. The molecule has 0 amide bonds. The van der Waals surface area contributed by atoms with E-state index in [0.717, 1.165) is 11.3 Å². The van der Waals surface area contributed by atoms with Crippen molar-refractivity contribution in [3.8, 4) is 0 Å². The van der Waals surface area contributed by atoms with Crippen LogP contribution in [0.2, 0.25) is 0 Å². The third kappa shape index (κ3) is 2.31. The Morgan fingerprint density at radius 1 is 1.12 bits per heavy atom. The second-order valence-corrected chi connectivity index (χ2v) is 3.56. The van der Waals surface area contributed by atoms with Crippen molar-refractivity contribution >= 4 is 5.69 Å². The van der Waals surface area contributed by atoms with Crippen molar-refractivity contribution < 1.29 is 0 Å². The quantitative estimate of drug-likeness (QED) is 0.771. The summed E-state index contributed by atoms with van der Waals surface area (Å²) < 4.78 is 1.66. The van der Waals surface area contributed by atoms with Gasteiger partial charge in [-0.15, -0.1) is 12.7 Å². The van der Waals surface area contributed by atoms with Crippen molar-refractivity contribution in [1.29, 1.82) is 0 Å². The SMILES string of the molecule is C[N-]c1ccc(=O)n(Cc2ccccc2)c1. The second-order valence-electron chi connectivity index (χ2n) is 3.56. The molecule has 0 aliphatic rings. The number of nitrogens with zero attached hydrogens (tertiary/aromatic N) is 2. The lowest BCUT2D eigenvalue weighted by atomic mass is 10.2. The van der Waals surface area contributed by atoms with E-state index in [-0.39, 0.29) is 5.56 Å². The maximum atomic E-state index is 11.6. The molecule has 0 aliphatic carbocycles. The first-order valence-electron chi connectivity index (χ1n) is 5.14. The predicted octanol–water partition coefficient (Wildman–Crippen LogP) is 2.53. The smallest absolute Gasteiger partial charge is 0.250 e. The summed E-state index contributed by atoms with van der Waals surface area (Å²) in [6, 6.07) is 13.2. The number of hydrogen-bond acceptors (Lipinski definition) is 1. The van der Waals surface area contributed by atoms with Gasteiger partial charge in [0.2, 0.25) is 0 Å². The first-order chi connectivity index (χ1) is 7.79. The van der Waals surface area contributed by atoms with Crippen LogP contribution in [0.3, 0.4) is 0 Å². The lowest BCUT2D eigenvalue weighted by Crippen LogP contribution is -2.18. The van der Waals surface area contributed by atoms with Crippen LogP contribution >= 0.6 is 0 Å². The molecule has 1 aromatic carbocycles. The predicted molar refractivity (Wildman–Crippen MR) is 65.2 cm³/mol. The zero-order chi connectivity index (χ0) is 11.4. The van der Waals surface area contributed by atoms with Crippen molar-refractivity contribution in [3.63, 3.8) is 0 Å². The minimum atomic E-state index is -0.00347. The van der Waals surface area contributed by atoms with Gasteiger partial charge in [-0.3, -0.25) is 4.79 Å². The van der Waals surface area contributed by atoms with Gasteiger partial charge in [-0.25, -0.2) is 0 Å². The molecule has 0 saturated carbocycles. The average Bonchev–Trinajstić information content (AvgIpc) is 2.33. The van der Waals surface area contributed by atoms with Gasteiger partial charge in [-0.1, -0.05) is 36.4 Å². The molecule has 2 aromatic rings. The van der Waals surface area contributed by atoms with Gasteiger partial charge in [0.15, 0.2) is 0 Å². The molecule has 0 atom stereocenters. The lowest BCUT2D eigenvalue weighted by Gasteiger charge is -2.15. The van der Waals surface area contributed by atoms with Crippen LogP contribution in [-0.2, 0) is 6.54 Å². The van der Waals surface area contributed by atoms with Crippen molar-refractivity contribution in [1.82, 2.24) is 4.57 Å². The molecule has 0 saturated heterocycles. The van der Waals surface area contributed by atoms with E-state index in [1.165, 1.54) is 0 Å². The van der Waals surface area contributed by atoms with Crippen LogP contribution < -0.4 is 5.56 Å². The van der Waals surface area contributed by atoms with Crippen LogP contribution in [0.4, 0.5) is 5.69 Å². The van der Waals surface area contributed by atoms with Gasteiger partial charge in [0.1, 0.15) is 0 Å². The monoisotopic (exact) mass is 213 g/mol. The molecular weight excluding hydrogens is 200 g/mol. The third-order valence-electron chi connectivity index (χ3n) is 2.42. The first kappa shape index (κ1) is 10.5.